The first-order valence-electron chi connectivity index (χ1n) is 9.19. The zero-order chi connectivity index (χ0) is 20.7. The number of carbonyl (C=O) groups excluding carboxylic acids is 1. The molecule has 2 aromatic carbocycles. The van der Waals surface area contributed by atoms with Crippen molar-refractivity contribution >= 4 is 21.6 Å². The Bertz CT molecular complexity index is 961. The highest BCUT2D eigenvalue weighted by Crippen LogP contribution is 2.32. The second-order valence-corrected chi connectivity index (χ2v) is 8.39. The van der Waals surface area contributed by atoms with Crippen molar-refractivity contribution in [3.8, 4) is 11.5 Å². The summed E-state index contributed by atoms with van der Waals surface area (Å²) in [7, 11) is -1.96. The molecule has 0 spiro atoms. The predicted octanol–water partition coefficient (Wildman–Crippen LogP) is 2.05. The number of anilines is 1. The summed E-state index contributed by atoms with van der Waals surface area (Å²) < 4.78 is 42.1. The Kier molecular flexibility index (Phi) is 7.08. The van der Waals surface area contributed by atoms with Crippen LogP contribution in [0, 0.1) is 0 Å². The average Bonchev–Trinajstić information content (AvgIpc) is 3.14. The minimum Gasteiger partial charge on any atom is -0.454 e. The van der Waals surface area contributed by atoms with Crippen molar-refractivity contribution in [2.24, 2.45) is 0 Å². The predicted molar refractivity (Wildman–Crippen MR) is 108 cm³/mol. The van der Waals surface area contributed by atoms with Gasteiger partial charge >= 0.3 is 0 Å². The third kappa shape index (κ3) is 6.45. The molecule has 156 valence electrons. The SMILES string of the molecule is COCCNS(=O)(=O)Cc1cccc(NC(=O)CCc2ccc3c(c2)OCO3)c1. The maximum atomic E-state index is 12.3. The van der Waals surface area contributed by atoms with Crippen LogP contribution in [0.2, 0.25) is 0 Å². The molecule has 1 heterocycles. The van der Waals surface area contributed by atoms with Gasteiger partial charge in [0.05, 0.1) is 12.4 Å². The lowest BCUT2D eigenvalue weighted by molar-refractivity contribution is -0.116. The van der Waals surface area contributed by atoms with Crippen LogP contribution in [0.15, 0.2) is 42.5 Å². The fourth-order valence-electron chi connectivity index (χ4n) is 2.89. The smallest absolute Gasteiger partial charge is 0.231 e. The van der Waals surface area contributed by atoms with E-state index in [0.717, 1.165) is 5.56 Å². The van der Waals surface area contributed by atoms with E-state index < -0.39 is 10.0 Å². The number of hydrogen-bond acceptors (Lipinski definition) is 6. The van der Waals surface area contributed by atoms with Crippen molar-refractivity contribution in [1.29, 1.82) is 0 Å². The summed E-state index contributed by atoms with van der Waals surface area (Å²) in [5, 5.41) is 2.81. The van der Waals surface area contributed by atoms with Crippen LogP contribution in [-0.4, -0.2) is 41.4 Å². The quantitative estimate of drug-likeness (QED) is 0.571. The Morgan fingerprint density at radius 2 is 1.93 bits per heavy atom. The zero-order valence-electron chi connectivity index (χ0n) is 16.1. The highest BCUT2D eigenvalue weighted by molar-refractivity contribution is 7.88. The molecule has 2 aromatic rings. The van der Waals surface area contributed by atoms with Gasteiger partial charge in [-0.1, -0.05) is 18.2 Å². The standard InChI is InChI=1S/C20H24N2O6S/c1-26-10-9-21-29(24,25)13-16-3-2-4-17(11-16)22-20(23)8-6-15-5-7-18-19(12-15)28-14-27-18/h2-5,7,11-12,21H,6,8-10,13-14H2,1H3,(H,22,23). The molecule has 0 unspecified atom stereocenters. The maximum Gasteiger partial charge on any atom is 0.231 e. The van der Waals surface area contributed by atoms with E-state index in [1.807, 2.05) is 18.2 Å². The summed E-state index contributed by atoms with van der Waals surface area (Å²) in [4.78, 5) is 12.3. The fraction of sp³-hybridized carbons (Fsp3) is 0.350. The fourth-order valence-corrected chi connectivity index (χ4v) is 4.00. The molecule has 3 rings (SSSR count). The molecule has 2 N–H and O–H groups in total. The van der Waals surface area contributed by atoms with Crippen LogP contribution in [0.4, 0.5) is 5.69 Å². The van der Waals surface area contributed by atoms with Gasteiger partial charge in [-0.15, -0.1) is 0 Å². The first kappa shape index (κ1) is 21.1. The van der Waals surface area contributed by atoms with Crippen LogP contribution in [0.1, 0.15) is 17.5 Å². The molecule has 0 saturated heterocycles. The van der Waals surface area contributed by atoms with Crippen LogP contribution in [-0.2, 0) is 31.7 Å². The normalized spacial score (nSPS) is 12.7. The van der Waals surface area contributed by atoms with Crippen molar-refractivity contribution in [2.45, 2.75) is 18.6 Å². The van der Waals surface area contributed by atoms with Crippen LogP contribution >= 0.6 is 0 Å². The van der Waals surface area contributed by atoms with Crippen LogP contribution < -0.4 is 19.5 Å². The van der Waals surface area contributed by atoms with Gasteiger partial charge in [0.2, 0.25) is 22.7 Å². The molecule has 1 aliphatic heterocycles. The van der Waals surface area contributed by atoms with Gasteiger partial charge in [-0.05, 0) is 41.8 Å². The topological polar surface area (TPSA) is 103 Å². The molecular formula is C20H24N2O6S. The summed E-state index contributed by atoms with van der Waals surface area (Å²) in [6.45, 7) is 0.737. The molecule has 0 atom stereocenters. The molecule has 1 amide bonds. The number of amides is 1. The molecule has 1 aliphatic rings. The van der Waals surface area contributed by atoms with Gasteiger partial charge in [-0.25, -0.2) is 13.1 Å². The molecule has 0 bridgehead atoms. The molecule has 0 aliphatic carbocycles. The van der Waals surface area contributed by atoms with Gasteiger partial charge in [0.15, 0.2) is 11.5 Å². The molecule has 0 fully saturated rings. The van der Waals surface area contributed by atoms with Gasteiger partial charge in [-0.2, -0.15) is 0 Å². The lowest BCUT2D eigenvalue weighted by atomic mass is 10.1. The summed E-state index contributed by atoms with van der Waals surface area (Å²) in [6, 6.07) is 12.4. The van der Waals surface area contributed by atoms with E-state index in [-0.39, 0.29) is 25.0 Å². The second kappa shape index (κ2) is 9.73. The van der Waals surface area contributed by atoms with Crippen molar-refractivity contribution in [1.82, 2.24) is 4.72 Å². The number of benzene rings is 2. The molecule has 0 radical (unpaired) electrons. The van der Waals surface area contributed by atoms with E-state index in [9.17, 15) is 13.2 Å². The van der Waals surface area contributed by atoms with E-state index in [0.29, 0.717) is 42.2 Å². The number of rotatable bonds is 10. The van der Waals surface area contributed by atoms with Crippen molar-refractivity contribution < 1.29 is 27.4 Å². The number of carbonyl (C=O) groups is 1. The Morgan fingerprint density at radius 1 is 1.10 bits per heavy atom. The zero-order valence-corrected chi connectivity index (χ0v) is 17.0. The first-order valence-corrected chi connectivity index (χ1v) is 10.8. The maximum absolute atomic E-state index is 12.3. The highest BCUT2D eigenvalue weighted by atomic mass is 32.2. The van der Waals surface area contributed by atoms with E-state index in [4.69, 9.17) is 14.2 Å². The summed E-state index contributed by atoms with van der Waals surface area (Å²) in [5.74, 6) is 1.08. The summed E-state index contributed by atoms with van der Waals surface area (Å²) in [5.41, 5.74) is 2.13. The highest BCUT2D eigenvalue weighted by Gasteiger charge is 2.14. The van der Waals surface area contributed by atoms with Crippen molar-refractivity contribution in [3.05, 3.63) is 53.6 Å². The van der Waals surface area contributed by atoms with E-state index >= 15 is 0 Å². The first-order chi connectivity index (χ1) is 13.9. The van der Waals surface area contributed by atoms with Crippen LogP contribution in [0.5, 0.6) is 11.5 Å². The lowest BCUT2D eigenvalue weighted by Crippen LogP contribution is -2.28. The number of aryl methyl sites for hydroxylation is 1. The van der Waals surface area contributed by atoms with Crippen LogP contribution in [0.3, 0.4) is 0 Å². The number of methoxy groups -OCH3 is 1. The lowest BCUT2D eigenvalue weighted by Gasteiger charge is -2.09. The third-order valence-electron chi connectivity index (χ3n) is 4.27. The molecule has 0 aromatic heterocycles. The third-order valence-corrected chi connectivity index (χ3v) is 5.63. The van der Waals surface area contributed by atoms with Gasteiger partial charge in [0, 0.05) is 25.8 Å². The Labute approximate surface area is 170 Å². The number of nitrogens with one attached hydrogen (secondary N) is 2. The van der Waals surface area contributed by atoms with Gasteiger partial charge < -0.3 is 19.5 Å². The van der Waals surface area contributed by atoms with Crippen LogP contribution in [0.25, 0.3) is 0 Å². The van der Waals surface area contributed by atoms with Gasteiger partial charge in [0.25, 0.3) is 0 Å². The number of fused-ring (bicyclic) bond motifs is 1. The molecule has 0 saturated carbocycles. The van der Waals surface area contributed by atoms with Gasteiger partial charge in [0.1, 0.15) is 0 Å². The average molecular weight is 420 g/mol. The minimum atomic E-state index is -3.47. The van der Waals surface area contributed by atoms with Gasteiger partial charge in [-0.3, -0.25) is 4.79 Å². The minimum absolute atomic E-state index is 0.152. The Morgan fingerprint density at radius 3 is 2.76 bits per heavy atom. The van der Waals surface area contributed by atoms with E-state index in [2.05, 4.69) is 10.0 Å². The van der Waals surface area contributed by atoms with Crippen molar-refractivity contribution in [3.63, 3.8) is 0 Å². The number of sulfonamides is 1. The molecular weight excluding hydrogens is 396 g/mol. The molecule has 8 nitrogen and oxygen atoms in total. The number of ether oxygens (including phenoxy) is 3. The van der Waals surface area contributed by atoms with E-state index in [1.165, 1.54) is 7.11 Å². The van der Waals surface area contributed by atoms with E-state index in [1.54, 1.807) is 24.3 Å². The van der Waals surface area contributed by atoms with Crippen molar-refractivity contribution in [2.75, 3.05) is 32.4 Å². The Balaban J connectivity index is 1.52. The summed E-state index contributed by atoms with van der Waals surface area (Å²) in [6.07, 6.45) is 0.848. The molecule has 29 heavy (non-hydrogen) atoms. The number of hydrogen-bond donors (Lipinski definition) is 2. The molecule has 9 heteroatoms. The monoisotopic (exact) mass is 420 g/mol. The largest absolute Gasteiger partial charge is 0.454 e. The Hall–Kier alpha value is -2.62. The summed E-state index contributed by atoms with van der Waals surface area (Å²) >= 11 is 0. The second-order valence-electron chi connectivity index (χ2n) is 6.58.